The van der Waals surface area contributed by atoms with Crippen molar-refractivity contribution in [2.45, 2.75) is 50.4 Å². The smallest absolute Gasteiger partial charge is 0.416 e. The van der Waals surface area contributed by atoms with E-state index < -0.39 is 29.6 Å². The van der Waals surface area contributed by atoms with Gasteiger partial charge in [0.2, 0.25) is 5.91 Å². The number of nitrogens with zero attached hydrogens (tertiary/aromatic N) is 1. The molecule has 1 heterocycles. The van der Waals surface area contributed by atoms with Crippen LogP contribution in [0.4, 0.5) is 18.9 Å². The lowest BCUT2D eigenvalue weighted by Crippen LogP contribution is -2.47. The van der Waals surface area contributed by atoms with Gasteiger partial charge in [0.15, 0.2) is 11.5 Å². The van der Waals surface area contributed by atoms with Crippen LogP contribution in [0.15, 0.2) is 42.5 Å². The van der Waals surface area contributed by atoms with Gasteiger partial charge in [-0.2, -0.15) is 13.2 Å². The number of hydrogen-bond acceptors (Lipinski definition) is 4. The molecule has 1 atom stereocenters. The molecule has 9 heteroatoms. The summed E-state index contributed by atoms with van der Waals surface area (Å²) in [6.07, 6.45) is 5.32. The normalized spacial score (nSPS) is 16.6. The first kappa shape index (κ1) is 24.5. The lowest BCUT2D eigenvalue weighted by molar-refractivity contribution is -0.137. The van der Waals surface area contributed by atoms with Gasteiger partial charge in [-0.25, -0.2) is 0 Å². The van der Waals surface area contributed by atoms with Crippen LogP contribution in [-0.2, 0) is 15.8 Å². The van der Waals surface area contributed by atoms with Gasteiger partial charge in [0.25, 0.3) is 0 Å². The van der Waals surface area contributed by atoms with E-state index in [-0.39, 0.29) is 11.7 Å². The van der Waals surface area contributed by atoms with E-state index in [1.807, 2.05) is 5.92 Å². The number of halogens is 3. The Balaban J connectivity index is 1.80. The summed E-state index contributed by atoms with van der Waals surface area (Å²) in [5, 5.41) is 2.98. The van der Waals surface area contributed by atoms with E-state index in [0.29, 0.717) is 30.3 Å². The first-order valence-corrected chi connectivity index (χ1v) is 11.4. The van der Waals surface area contributed by atoms with E-state index in [4.69, 9.17) is 15.9 Å². The lowest BCUT2D eigenvalue weighted by Gasteiger charge is -2.33. The van der Waals surface area contributed by atoms with Crippen LogP contribution in [0.2, 0.25) is 0 Å². The molecule has 2 aromatic carbocycles. The molecule has 4 rings (SSSR count). The summed E-state index contributed by atoms with van der Waals surface area (Å²) in [6.45, 7) is 0.667. The minimum Gasteiger partial charge on any atom is -0.486 e. The minimum atomic E-state index is -4.64. The highest BCUT2D eigenvalue weighted by Gasteiger charge is 2.36. The monoisotopic (exact) mass is 486 g/mol. The third-order valence-corrected chi connectivity index (χ3v) is 6.13. The van der Waals surface area contributed by atoms with Crippen LogP contribution in [0.1, 0.15) is 49.3 Å². The van der Waals surface area contributed by atoms with Crippen molar-refractivity contribution in [3.63, 3.8) is 0 Å². The Labute approximate surface area is 201 Å². The van der Waals surface area contributed by atoms with E-state index in [2.05, 4.69) is 5.32 Å². The predicted octanol–water partition coefficient (Wildman–Crippen LogP) is 4.63. The van der Waals surface area contributed by atoms with Gasteiger partial charge in [0.05, 0.1) is 5.56 Å². The summed E-state index contributed by atoms with van der Waals surface area (Å²) in [4.78, 5) is 27.5. The van der Waals surface area contributed by atoms with Crippen LogP contribution in [0.5, 0.6) is 11.5 Å². The number of rotatable bonds is 5. The first-order valence-electron chi connectivity index (χ1n) is 11.4. The van der Waals surface area contributed by atoms with Crippen molar-refractivity contribution in [3.8, 4) is 23.8 Å². The molecular formula is C26H25F3N2O4. The van der Waals surface area contributed by atoms with Gasteiger partial charge in [0, 0.05) is 11.7 Å². The van der Waals surface area contributed by atoms with E-state index in [9.17, 15) is 22.8 Å². The fourth-order valence-corrected chi connectivity index (χ4v) is 4.46. The van der Waals surface area contributed by atoms with Crippen molar-refractivity contribution < 1.29 is 32.2 Å². The quantitative estimate of drug-likeness (QED) is 0.626. The molecule has 1 saturated carbocycles. The molecule has 1 fully saturated rings. The second-order valence-electron chi connectivity index (χ2n) is 8.52. The van der Waals surface area contributed by atoms with Crippen LogP contribution in [0.25, 0.3) is 0 Å². The van der Waals surface area contributed by atoms with Gasteiger partial charge in [-0.15, -0.1) is 6.42 Å². The second kappa shape index (κ2) is 10.3. The highest BCUT2D eigenvalue weighted by atomic mass is 19.4. The van der Waals surface area contributed by atoms with Crippen molar-refractivity contribution in [1.82, 2.24) is 5.32 Å². The number of fused-ring (bicyclic) bond motifs is 1. The molecule has 2 amide bonds. The molecule has 2 aromatic rings. The third kappa shape index (κ3) is 5.53. The molecule has 6 nitrogen and oxygen atoms in total. The summed E-state index contributed by atoms with van der Waals surface area (Å²) < 4.78 is 51.5. The number of carbonyl (C=O) groups excluding carboxylic acids is 2. The van der Waals surface area contributed by atoms with Crippen molar-refractivity contribution in [2.75, 3.05) is 18.1 Å². The lowest BCUT2D eigenvalue weighted by atomic mass is 9.94. The Morgan fingerprint density at radius 2 is 1.74 bits per heavy atom. The van der Waals surface area contributed by atoms with Crippen LogP contribution < -0.4 is 19.7 Å². The van der Waals surface area contributed by atoms with Crippen LogP contribution in [0, 0.1) is 12.3 Å². The number of carbonyl (C=O) groups is 2. The maximum Gasteiger partial charge on any atom is 0.416 e. The van der Waals surface area contributed by atoms with Crippen molar-refractivity contribution in [3.05, 3.63) is 53.6 Å². The molecule has 0 saturated heterocycles. The second-order valence-corrected chi connectivity index (χ2v) is 8.52. The topological polar surface area (TPSA) is 67.9 Å². The fourth-order valence-electron chi connectivity index (χ4n) is 4.46. The minimum absolute atomic E-state index is 0.0970. The maximum absolute atomic E-state index is 13.6. The number of nitrogens with one attached hydrogen (secondary N) is 1. The van der Waals surface area contributed by atoms with Crippen molar-refractivity contribution in [1.29, 1.82) is 0 Å². The zero-order valence-corrected chi connectivity index (χ0v) is 18.9. The van der Waals surface area contributed by atoms with E-state index in [0.717, 1.165) is 49.1 Å². The molecular weight excluding hydrogens is 461 g/mol. The Bertz CT molecular complexity index is 1140. The first-order chi connectivity index (χ1) is 16.8. The zero-order valence-electron chi connectivity index (χ0n) is 18.9. The Hall–Kier alpha value is -3.67. The molecule has 0 spiro atoms. The maximum atomic E-state index is 13.6. The van der Waals surface area contributed by atoms with Gasteiger partial charge in [0.1, 0.15) is 19.3 Å². The van der Waals surface area contributed by atoms with E-state index >= 15 is 0 Å². The number of benzene rings is 2. The van der Waals surface area contributed by atoms with Gasteiger partial charge in [-0.1, -0.05) is 31.4 Å². The number of hydrogen-bond donors (Lipinski definition) is 1. The summed E-state index contributed by atoms with van der Waals surface area (Å²) >= 11 is 0. The van der Waals surface area contributed by atoms with Crippen molar-refractivity contribution in [2.24, 2.45) is 0 Å². The summed E-state index contributed by atoms with van der Waals surface area (Å²) in [7, 11) is 0. The number of amides is 2. The van der Waals surface area contributed by atoms with Crippen molar-refractivity contribution >= 4 is 17.5 Å². The zero-order chi connectivity index (χ0) is 25.0. The van der Waals surface area contributed by atoms with Gasteiger partial charge in [-0.3, -0.25) is 14.5 Å². The predicted molar refractivity (Wildman–Crippen MR) is 123 cm³/mol. The standard InChI is InChI=1S/C26H25F3N2O4/c1-2-23(32)31(20-10-6-7-18(16-20)26(27,28)29)24(25(33)30-19-8-4-3-5-9-19)17-11-12-21-22(15-17)35-14-13-34-21/h1,6-7,10-12,15-16,19,24H,3-5,8-9,13-14H2,(H,30,33). The van der Waals surface area contributed by atoms with Gasteiger partial charge < -0.3 is 14.8 Å². The fraction of sp³-hybridized carbons (Fsp3) is 0.385. The molecule has 2 aliphatic rings. The third-order valence-electron chi connectivity index (χ3n) is 6.13. The molecule has 1 N–H and O–H groups in total. The molecule has 0 radical (unpaired) electrons. The molecule has 1 unspecified atom stereocenters. The van der Waals surface area contributed by atoms with E-state index in [1.165, 1.54) is 12.1 Å². The summed E-state index contributed by atoms with van der Waals surface area (Å²) in [5.41, 5.74) is -0.761. The largest absolute Gasteiger partial charge is 0.486 e. The van der Waals surface area contributed by atoms with Crippen LogP contribution in [0.3, 0.4) is 0 Å². The Morgan fingerprint density at radius 1 is 1.03 bits per heavy atom. The SMILES string of the molecule is C#CC(=O)N(c1cccc(C(F)(F)F)c1)C(C(=O)NC1CCCCC1)c1ccc2c(c1)OCCO2. The number of anilines is 1. The highest BCUT2D eigenvalue weighted by molar-refractivity contribution is 6.09. The highest BCUT2D eigenvalue weighted by Crippen LogP contribution is 2.38. The average Bonchev–Trinajstić information content (AvgIpc) is 2.86. The van der Waals surface area contributed by atoms with Gasteiger partial charge in [-0.05, 0) is 54.7 Å². The Morgan fingerprint density at radius 3 is 2.43 bits per heavy atom. The number of ether oxygens (including phenoxy) is 2. The van der Waals surface area contributed by atoms with Crippen LogP contribution in [-0.4, -0.2) is 31.1 Å². The molecule has 1 aliphatic carbocycles. The molecule has 0 bridgehead atoms. The molecule has 0 aromatic heterocycles. The van der Waals surface area contributed by atoms with E-state index in [1.54, 1.807) is 18.2 Å². The average molecular weight is 486 g/mol. The summed E-state index contributed by atoms with van der Waals surface area (Å²) in [6, 6.07) is 7.54. The summed E-state index contributed by atoms with van der Waals surface area (Å²) in [5.74, 6) is 1.34. The number of alkyl halides is 3. The molecule has 184 valence electrons. The Kier molecular flexibility index (Phi) is 7.20. The molecule has 1 aliphatic heterocycles. The van der Waals surface area contributed by atoms with Crippen LogP contribution >= 0.6 is 0 Å². The van der Waals surface area contributed by atoms with Gasteiger partial charge >= 0.3 is 12.1 Å². The molecule has 35 heavy (non-hydrogen) atoms. The number of terminal acetylenes is 1.